The second-order valence-corrected chi connectivity index (χ2v) is 7.99. The van der Waals surface area contributed by atoms with Crippen LogP contribution in [0.1, 0.15) is 38.1 Å². The molecule has 1 aliphatic carbocycles. The summed E-state index contributed by atoms with van der Waals surface area (Å²) in [4.78, 5) is 27.4. The number of benzene rings is 2. The Balaban J connectivity index is 1.34. The van der Waals surface area contributed by atoms with Crippen molar-refractivity contribution in [3.63, 3.8) is 0 Å². The zero-order valence-electron chi connectivity index (χ0n) is 16.3. The number of carbonyl (C=O) groups excluding carboxylic acids is 2. The number of rotatable bonds is 4. The van der Waals surface area contributed by atoms with Crippen molar-refractivity contribution in [2.75, 3.05) is 16.8 Å². The quantitative estimate of drug-likeness (QED) is 0.730. The van der Waals surface area contributed by atoms with Crippen LogP contribution in [0.2, 0.25) is 0 Å². The molecule has 0 radical (unpaired) electrons. The molecule has 0 unspecified atom stereocenters. The molecule has 0 bridgehead atoms. The maximum absolute atomic E-state index is 12.9. The van der Waals surface area contributed by atoms with Crippen molar-refractivity contribution < 1.29 is 9.59 Å². The summed E-state index contributed by atoms with van der Waals surface area (Å²) in [6.07, 6.45) is 6.56. The number of aromatic nitrogens is 2. The average Bonchev–Trinajstić information content (AvgIpc) is 3.48. The van der Waals surface area contributed by atoms with Crippen LogP contribution in [0.4, 0.5) is 11.5 Å². The molecule has 3 aromatic rings. The van der Waals surface area contributed by atoms with Gasteiger partial charge in [-0.25, -0.2) is 4.68 Å². The molecule has 1 saturated heterocycles. The summed E-state index contributed by atoms with van der Waals surface area (Å²) in [6.45, 7) is 0.399. The van der Waals surface area contributed by atoms with Gasteiger partial charge in [-0.2, -0.15) is 5.10 Å². The monoisotopic (exact) mass is 388 g/mol. The van der Waals surface area contributed by atoms with Crippen molar-refractivity contribution in [2.45, 2.75) is 38.1 Å². The van der Waals surface area contributed by atoms with Gasteiger partial charge < -0.3 is 10.2 Å². The Morgan fingerprint density at radius 2 is 1.83 bits per heavy atom. The third-order valence-electron chi connectivity index (χ3n) is 6.15. The highest BCUT2D eigenvalue weighted by Crippen LogP contribution is 2.33. The Labute approximate surface area is 169 Å². The molecule has 2 heterocycles. The summed E-state index contributed by atoms with van der Waals surface area (Å²) >= 11 is 0. The second-order valence-electron chi connectivity index (χ2n) is 7.99. The lowest BCUT2D eigenvalue weighted by molar-refractivity contribution is -0.122. The molecule has 2 fully saturated rings. The van der Waals surface area contributed by atoms with Crippen molar-refractivity contribution in [3.05, 3.63) is 54.7 Å². The summed E-state index contributed by atoms with van der Waals surface area (Å²) in [5, 5.41) is 9.56. The van der Waals surface area contributed by atoms with E-state index in [-0.39, 0.29) is 24.2 Å². The molecule has 1 aromatic heterocycles. The van der Waals surface area contributed by atoms with Crippen molar-refractivity contribution in [2.24, 2.45) is 5.92 Å². The molecule has 2 aromatic carbocycles. The Kier molecular flexibility index (Phi) is 4.54. The van der Waals surface area contributed by atoms with Crippen LogP contribution in [0.5, 0.6) is 0 Å². The number of anilines is 2. The van der Waals surface area contributed by atoms with Gasteiger partial charge in [0.25, 0.3) is 0 Å². The first-order valence-corrected chi connectivity index (χ1v) is 10.3. The number of carbonyl (C=O) groups is 2. The van der Waals surface area contributed by atoms with E-state index in [0.29, 0.717) is 12.6 Å². The van der Waals surface area contributed by atoms with Crippen LogP contribution in [0.3, 0.4) is 0 Å². The van der Waals surface area contributed by atoms with E-state index in [1.807, 2.05) is 53.2 Å². The van der Waals surface area contributed by atoms with Crippen LogP contribution in [0, 0.1) is 5.92 Å². The summed E-state index contributed by atoms with van der Waals surface area (Å²) in [7, 11) is 0. The normalized spacial score (nSPS) is 19.9. The van der Waals surface area contributed by atoms with Gasteiger partial charge in [-0.1, -0.05) is 49.2 Å². The van der Waals surface area contributed by atoms with E-state index in [0.717, 1.165) is 35.1 Å². The van der Waals surface area contributed by atoms with Crippen LogP contribution in [0.15, 0.2) is 54.7 Å². The van der Waals surface area contributed by atoms with E-state index in [4.69, 9.17) is 0 Å². The van der Waals surface area contributed by atoms with Gasteiger partial charge in [-0.3, -0.25) is 9.59 Å². The van der Waals surface area contributed by atoms with Gasteiger partial charge in [0.05, 0.1) is 23.8 Å². The topological polar surface area (TPSA) is 67.2 Å². The molecular weight excluding hydrogens is 364 g/mol. The van der Waals surface area contributed by atoms with Crippen molar-refractivity contribution in [1.29, 1.82) is 0 Å². The first kappa shape index (κ1) is 17.9. The lowest BCUT2D eigenvalue weighted by Crippen LogP contribution is -2.29. The van der Waals surface area contributed by atoms with Gasteiger partial charge in [0.15, 0.2) is 0 Å². The van der Waals surface area contributed by atoms with E-state index in [2.05, 4.69) is 10.4 Å². The lowest BCUT2D eigenvalue weighted by atomic mass is 10.1. The third kappa shape index (κ3) is 3.28. The largest absolute Gasteiger partial charge is 0.311 e. The van der Waals surface area contributed by atoms with E-state index >= 15 is 0 Å². The van der Waals surface area contributed by atoms with Crippen LogP contribution in [0.25, 0.3) is 10.8 Å². The van der Waals surface area contributed by atoms with Gasteiger partial charge in [0.1, 0.15) is 5.82 Å². The Bertz CT molecular complexity index is 1060. The standard InChI is InChI=1S/C23H24N4O2/c28-22-14-17(15-26(22)20-11-5-7-16-6-1-4-10-19(16)20)23(29)25-21-12-13-24-27(21)18-8-2-3-9-18/h1,4-7,10-13,17-18H,2-3,8-9,14-15H2,(H,25,29)/t17-/m0/s1. The highest BCUT2D eigenvalue weighted by molar-refractivity contribution is 6.08. The van der Waals surface area contributed by atoms with Gasteiger partial charge >= 0.3 is 0 Å². The molecule has 1 N–H and O–H groups in total. The number of fused-ring (bicyclic) bond motifs is 1. The molecule has 0 spiro atoms. The maximum atomic E-state index is 12.9. The van der Waals surface area contributed by atoms with E-state index in [1.54, 1.807) is 11.1 Å². The summed E-state index contributed by atoms with van der Waals surface area (Å²) in [6, 6.07) is 16.2. The highest BCUT2D eigenvalue weighted by Gasteiger charge is 2.36. The fourth-order valence-electron chi connectivity index (χ4n) is 4.64. The van der Waals surface area contributed by atoms with Gasteiger partial charge in [0.2, 0.25) is 11.8 Å². The molecule has 1 saturated carbocycles. The van der Waals surface area contributed by atoms with E-state index < -0.39 is 0 Å². The smallest absolute Gasteiger partial charge is 0.230 e. The van der Waals surface area contributed by atoms with Crippen molar-refractivity contribution in [3.8, 4) is 0 Å². The molecule has 5 rings (SSSR count). The lowest BCUT2D eigenvalue weighted by Gasteiger charge is -2.19. The molecule has 2 amide bonds. The van der Waals surface area contributed by atoms with E-state index in [9.17, 15) is 9.59 Å². The van der Waals surface area contributed by atoms with Gasteiger partial charge in [0, 0.05) is 24.4 Å². The zero-order valence-corrected chi connectivity index (χ0v) is 16.3. The molecule has 1 aliphatic heterocycles. The number of nitrogens with one attached hydrogen (secondary N) is 1. The average molecular weight is 388 g/mol. The highest BCUT2D eigenvalue weighted by atomic mass is 16.2. The van der Waals surface area contributed by atoms with Crippen molar-refractivity contribution >= 4 is 34.1 Å². The zero-order chi connectivity index (χ0) is 19.8. The second kappa shape index (κ2) is 7.35. The van der Waals surface area contributed by atoms with Gasteiger partial charge in [-0.05, 0) is 24.3 Å². The number of amides is 2. The molecular formula is C23H24N4O2. The van der Waals surface area contributed by atoms with Crippen LogP contribution >= 0.6 is 0 Å². The van der Waals surface area contributed by atoms with Crippen LogP contribution in [-0.2, 0) is 9.59 Å². The summed E-state index contributed by atoms with van der Waals surface area (Å²) in [5.74, 6) is 0.248. The van der Waals surface area contributed by atoms with Crippen LogP contribution in [-0.4, -0.2) is 28.1 Å². The predicted octanol–water partition coefficient (Wildman–Crippen LogP) is 4.14. The first-order valence-electron chi connectivity index (χ1n) is 10.3. The van der Waals surface area contributed by atoms with Crippen LogP contribution < -0.4 is 10.2 Å². The first-order chi connectivity index (χ1) is 14.2. The molecule has 1 atom stereocenters. The number of hydrogen-bond acceptors (Lipinski definition) is 3. The summed E-state index contributed by atoms with van der Waals surface area (Å²) < 4.78 is 1.93. The maximum Gasteiger partial charge on any atom is 0.230 e. The minimum absolute atomic E-state index is 0.00852. The Morgan fingerprint density at radius 1 is 1.03 bits per heavy atom. The fraction of sp³-hybridized carbons (Fsp3) is 0.348. The molecule has 2 aliphatic rings. The van der Waals surface area contributed by atoms with E-state index in [1.165, 1.54) is 12.8 Å². The molecule has 29 heavy (non-hydrogen) atoms. The Morgan fingerprint density at radius 3 is 2.69 bits per heavy atom. The number of hydrogen-bond donors (Lipinski definition) is 1. The van der Waals surface area contributed by atoms with Crippen molar-refractivity contribution in [1.82, 2.24) is 9.78 Å². The van der Waals surface area contributed by atoms with Gasteiger partial charge in [-0.15, -0.1) is 0 Å². The fourth-order valence-corrected chi connectivity index (χ4v) is 4.64. The summed E-state index contributed by atoms with van der Waals surface area (Å²) in [5.41, 5.74) is 0.874. The minimum Gasteiger partial charge on any atom is -0.311 e. The third-order valence-corrected chi connectivity index (χ3v) is 6.15. The minimum atomic E-state index is -0.367. The molecule has 148 valence electrons. The predicted molar refractivity (Wildman–Crippen MR) is 113 cm³/mol. The molecule has 6 heteroatoms. The number of nitrogens with zero attached hydrogens (tertiary/aromatic N) is 3. The SMILES string of the molecule is O=C(Nc1ccnn1C1CCCC1)[C@H]1CC(=O)N(c2cccc3ccccc23)C1. The molecule has 6 nitrogen and oxygen atoms in total. The Hall–Kier alpha value is -3.15.